The molecule has 44 heavy (non-hydrogen) atoms. The lowest BCUT2D eigenvalue weighted by molar-refractivity contribution is -0.119. The Hall–Kier alpha value is -4.80. The van der Waals surface area contributed by atoms with Gasteiger partial charge < -0.3 is 21.3 Å². The van der Waals surface area contributed by atoms with E-state index < -0.39 is 23.6 Å². The Morgan fingerprint density at radius 3 is 1.27 bits per heavy atom. The molecule has 0 radical (unpaired) electrons. The first-order chi connectivity index (χ1) is 21.3. The third-order valence-corrected chi connectivity index (χ3v) is 7.06. The summed E-state index contributed by atoms with van der Waals surface area (Å²) in [6, 6.07) is 31.9. The molecular weight excluding hydrogens is 688 g/mol. The van der Waals surface area contributed by atoms with Crippen LogP contribution in [0.3, 0.4) is 0 Å². The SMILES string of the molecule is O=C(NCCNC(=O)/C(=C/c1ccccc1)NC(=O)c1cccc(Br)c1)/C(=C/c1ccccc1)NC(=O)c1cccc(Br)c1. The highest BCUT2D eigenvalue weighted by Crippen LogP contribution is 2.14. The molecule has 4 aromatic carbocycles. The molecule has 4 aromatic rings. The number of benzene rings is 4. The Morgan fingerprint density at radius 2 is 0.909 bits per heavy atom. The van der Waals surface area contributed by atoms with Gasteiger partial charge in [-0.3, -0.25) is 19.2 Å². The van der Waals surface area contributed by atoms with Gasteiger partial charge in [0, 0.05) is 33.2 Å². The minimum atomic E-state index is -0.533. The summed E-state index contributed by atoms with van der Waals surface area (Å²) in [6.07, 6.45) is 3.14. The van der Waals surface area contributed by atoms with Crippen LogP contribution in [0.25, 0.3) is 12.2 Å². The standard InChI is InChI=1S/C34H28Br2N4O4/c35-27-15-7-13-25(21-27)31(41)39-29(19-23-9-3-1-4-10-23)33(43)37-17-18-38-34(44)30(20-24-11-5-2-6-12-24)40-32(42)26-14-8-16-28(36)22-26/h1-16,19-22H,17-18H2,(H,37,43)(H,38,44)(H,39,41)(H,40,42)/b29-19-,30-20-. The second kappa shape index (κ2) is 16.2. The van der Waals surface area contributed by atoms with Gasteiger partial charge in [-0.1, -0.05) is 105 Å². The Balaban J connectivity index is 1.41. The van der Waals surface area contributed by atoms with E-state index in [1.165, 1.54) is 0 Å². The van der Waals surface area contributed by atoms with Gasteiger partial charge in [0.1, 0.15) is 11.4 Å². The Morgan fingerprint density at radius 1 is 0.523 bits per heavy atom. The largest absolute Gasteiger partial charge is 0.349 e. The van der Waals surface area contributed by atoms with Gasteiger partial charge in [0.15, 0.2) is 0 Å². The second-order valence-corrected chi connectivity index (χ2v) is 11.2. The number of halogens is 2. The van der Waals surface area contributed by atoms with E-state index in [2.05, 4.69) is 53.1 Å². The molecule has 10 heteroatoms. The number of amides is 4. The summed E-state index contributed by atoms with van der Waals surface area (Å²) in [5.41, 5.74) is 2.27. The number of carbonyl (C=O) groups is 4. The highest BCUT2D eigenvalue weighted by atomic mass is 79.9. The van der Waals surface area contributed by atoms with Crippen LogP contribution in [0.15, 0.2) is 130 Å². The van der Waals surface area contributed by atoms with Crippen molar-refractivity contribution in [3.8, 4) is 0 Å². The van der Waals surface area contributed by atoms with E-state index in [1.54, 1.807) is 60.7 Å². The lowest BCUT2D eigenvalue weighted by Gasteiger charge is -2.13. The van der Waals surface area contributed by atoms with Gasteiger partial charge in [-0.05, 0) is 59.7 Å². The molecule has 0 saturated heterocycles. The first-order valence-electron chi connectivity index (χ1n) is 13.5. The van der Waals surface area contributed by atoms with Crippen molar-refractivity contribution in [2.45, 2.75) is 0 Å². The zero-order chi connectivity index (χ0) is 31.3. The molecule has 0 saturated carbocycles. The predicted octanol–water partition coefficient (Wildman–Crippen LogP) is 5.69. The summed E-state index contributed by atoms with van der Waals surface area (Å²) in [7, 11) is 0. The summed E-state index contributed by atoms with van der Waals surface area (Å²) in [4.78, 5) is 52.1. The number of hydrogen-bond donors (Lipinski definition) is 4. The van der Waals surface area contributed by atoms with E-state index in [0.717, 1.165) is 20.1 Å². The van der Waals surface area contributed by atoms with Crippen molar-refractivity contribution >= 4 is 67.6 Å². The zero-order valence-corrected chi connectivity index (χ0v) is 26.5. The molecule has 4 amide bonds. The molecule has 0 atom stereocenters. The maximum absolute atomic E-state index is 13.1. The molecule has 0 spiro atoms. The van der Waals surface area contributed by atoms with Gasteiger partial charge in [0.2, 0.25) is 0 Å². The Labute approximate surface area is 271 Å². The van der Waals surface area contributed by atoms with Crippen molar-refractivity contribution in [2.75, 3.05) is 13.1 Å². The summed E-state index contributed by atoms with van der Waals surface area (Å²) in [6.45, 7) is 0.114. The van der Waals surface area contributed by atoms with Crippen LogP contribution < -0.4 is 21.3 Å². The summed E-state index contributed by atoms with van der Waals surface area (Å²) in [5.74, 6) is -1.97. The van der Waals surface area contributed by atoms with Crippen molar-refractivity contribution in [2.24, 2.45) is 0 Å². The van der Waals surface area contributed by atoms with Crippen LogP contribution in [-0.4, -0.2) is 36.7 Å². The monoisotopic (exact) mass is 714 g/mol. The van der Waals surface area contributed by atoms with Crippen LogP contribution in [-0.2, 0) is 9.59 Å². The van der Waals surface area contributed by atoms with Crippen molar-refractivity contribution in [3.05, 3.63) is 152 Å². The van der Waals surface area contributed by atoms with Crippen molar-refractivity contribution in [1.29, 1.82) is 0 Å². The smallest absolute Gasteiger partial charge is 0.267 e. The first kappa shape index (κ1) is 32.1. The number of hydrogen-bond acceptors (Lipinski definition) is 4. The molecule has 8 nitrogen and oxygen atoms in total. The minimum absolute atomic E-state index is 0.0402. The summed E-state index contributed by atoms with van der Waals surface area (Å²) < 4.78 is 1.46. The van der Waals surface area contributed by atoms with Gasteiger partial charge >= 0.3 is 0 Å². The highest BCUT2D eigenvalue weighted by Gasteiger charge is 2.17. The predicted molar refractivity (Wildman–Crippen MR) is 178 cm³/mol. The van der Waals surface area contributed by atoms with Crippen LogP contribution in [0.2, 0.25) is 0 Å². The quantitative estimate of drug-likeness (QED) is 0.118. The molecule has 0 heterocycles. The normalized spacial score (nSPS) is 11.3. The molecule has 0 aliphatic carbocycles. The van der Waals surface area contributed by atoms with Crippen LogP contribution in [0.4, 0.5) is 0 Å². The van der Waals surface area contributed by atoms with E-state index in [9.17, 15) is 19.2 Å². The van der Waals surface area contributed by atoms with Gasteiger partial charge in [0.05, 0.1) is 0 Å². The van der Waals surface area contributed by atoms with E-state index in [-0.39, 0.29) is 24.5 Å². The fraction of sp³-hybridized carbons (Fsp3) is 0.0588. The van der Waals surface area contributed by atoms with Crippen LogP contribution in [0, 0.1) is 0 Å². The second-order valence-electron chi connectivity index (χ2n) is 9.38. The van der Waals surface area contributed by atoms with Gasteiger partial charge in [0.25, 0.3) is 23.6 Å². The molecule has 0 unspecified atom stereocenters. The van der Waals surface area contributed by atoms with E-state index in [4.69, 9.17) is 0 Å². The lowest BCUT2D eigenvalue weighted by Crippen LogP contribution is -2.41. The molecule has 0 aromatic heterocycles. The topological polar surface area (TPSA) is 116 Å². The summed E-state index contributed by atoms with van der Waals surface area (Å²) >= 11 is 6.70. The van der Waals surface area contributed by atoms with Crippen molar-refractivity contribution < 1.29 is 19.2 Å². The Kier molecular flexibility index (Phi) is 11.8. The molecule has 4 N–H and O–H groups in total. The first-order valence-corrected chi connectivity index (χ1v) is 15.1. The van der Waals surface area contributed by atoms with E-state index >= 15 is 0 Å². The van der Waals surface area contributed by atoms with Crippen LogP contribution in [0.5, 0.6) is 0 Å². The van der Waals surface area contributed by atoms with Crippen molar-refractivity contribution in [1.82, 2.24) is 21.3 Å². The molecule has 222 valence electrons. The maximum Gasteiger partial charge on any atom is 0.267 e. The third kappa shape index (κ3) is 9.89. The van der Waals surface area contributed by atoms with E-state index in [0.29, 0.717) is 11.1 Å². The Bertz CT molecular complexity index is 1580. The number of carbonyl (C=O) groups excluding carboxylic acids is 4. The van der Waals surface area contributed by atoms with Crippen LogP contribution in [0.1, 0.15) is 31.8 Å². The molecule has 0 bridgehead atoms. The van der Waals surface area contributed by atoms with E-state index in [1.807, 2.05) is 60.7 Å². The molecular formula is C34H28Br2N4O4. The fourth-order valence-electron chi connectivity index (χ4n) is 3.94. The lowest BCUT2D eigenvalue weighted by atomic mass is 10.1. The number of rotatable bonds is 11. The van der Waals surface area contributed by atoms with Gasteiger partial charge in [-0.25, -0.2) is 0 Å². The van der Waals surface area contributed by atoms with Gasteiger partial charge in [-0.2, -0.15) is 0 Å². The maximum atomic E-state index is 13.1. The average molecular weight is 716 g/mol. The average Bonchev–Trinajstić information content (AvgIpc) is 3.03. The highest BCUT2D eigenvalue weighted by molar-refractivity contribution is 9.10. The minimum Gasteiger partial charge on any atom is -0.349 e. The third-order valence-electron chi connectivity index (χ3n) is 6.08. The van der Waals surface area contributed by atoms with Crippen molar-refractivity contribution in [3.63, 3.8) is 0 Å². The zero-order valence-electron chi connectivity index (χ0n) is 23.4. The molecule has 0 aliphatic heterocycles. The fourth-order valence-corrected chi connectivity index (χ4v) is 4.74. The van der Waals surface area contributed by atoms with Gasteiger partial charge in [-0.15, -0.1) is 0 Å². The molecule has 0 aliphatic rings. The van der Waals surface area contributed by atoms with Crippen LogP contribution >= 0.6 is 31.9 Å². The number of nitrogens with one attached hydrogen (secondary N) is 4. The molecule has 0 fully saturated rings. The summed E-state index contributed by atoms with van der Waals surface area (Å²) in [5, 5.41) is 10.8. The molecule has 4 rings (SSSR count).